The fraction of sp³-hybridized carbons (Fsp3) is 0.364. The van der Waals surface area contributed by atoms with E-state index in [1.807, 2.05) is 25.1 Å². The standard InChI is InChI=1S/C11H13NO2/c1-2-14-11(13)8-6-7-4-3-5-9(12)10(7)8/h3-5,8H,2,6,12H2,1H3. The summed E-state index contributed by atoms with van der Waals surface area (Å²) in [6, 6.07) is 5.74. The van der Waals surface area contributed by atoms with Gasteiger partial charge in [0, 0.05) is 5.69 Å². The van der Waals surface area contributed by atoms with E-state index in [0.29, 0.717) is 12.3 Å². The van der Waals surface area contributed by atoms with Crippen LogP contribution in [-0.2, 0) is 16.0 Å². The molecule has 0 radical (unpaired) electrons. The van der Waals surface area contributed by atoms with Gasteiger partial charge < -0.3 is 10.5 Å². The minimum Gasteiger partial charge on any atom is -0.466 e. The third kappa shape index (κ3) is 1.25. The molecule has 0 saturated carbocycles. The summed E-state index contributed by atoms with van der Waals surface area (Å²) in [6.45, 7) is 2.24. The monoisotopic (exact) mass is 191 g/mol. The molecule has 0 saturated heterocycles. The van der Waals surface area contributed by atoms with Gasteiger partial charge in [0.05, 0.1) is 12.5 Å². The fourth-order valence-electron chi connectivity index (χ4n) is 1.87. The lowest BCUT2D eigenvalue weighted by molar-refractivity contribution is -0.145. The fourth-order valence-corrected chi connectivity index (χ4v) is 1.87. The van der Waals surface area contributed by atoms with E-state index in [2.05, 4.69) is 0 Å². The molecule has 0 aromatic heterocycles. The number of ether oxygens (including phenoxy) is 1. The van der Waals surface area contributed by atoms with Crippen molar-refractivity contribution in [1.82, 2.24) is 0 Å². The normalized spacial score (nSPS) is 18.2. The van der Waals surface area contributed by atoms with Crippen LogP contribution in [0, 0.1) is 0 Å². The van der Waals surface area contributed by atoms with Gasteiger partial charge in [-0.3, -0.25) is 4.79 Å². The van der Waals surface area contributed by atoms with Crippen molar-refractivity contribution in [2.45, 2.75) is 19.3 Å². The molecule has 0 heterocycles. The Bertz CT molecular complexity index is 359. The highest BCUT2D eigenvalue weighted by molar-refractivity contribution is 5.84. The van der Waals surface area contributed by atoms with Crippen molar-refractivity contribution in [2.75, 3.05) is 12.3 Å². The molecule has 1 aliphatic carbocycles. The van der Waals surface area contributed by atoms with E-state index in [0.717, 1.165) is 12.0 Å². The maximum absolute atomic E-state index is 11.5. The van der Waals surface area contributed by atoms with Crippen LogP contribution >= 0.6 is 0 Å². The maximum atomic E-state index is 11.5. The molecular formula is C11H13NO2. The lowest BCUT2D eigenvalue weighted by Crippen LogP contribution is -2.28. The van der Waals surface area contributed by atoms with Crippen molar-refractivity contribution in [2.24, 2.45) is 0 Å². The van der Waals surface area contributed by atoms with Crippen LogP contribution in [0.1, 0.15) is 24.0 Å². The van der Waals surface area contributed by atoms with Crippen molar-refractivity contribution in [3.05, 3.63) is 29.3 Å². The Balaban J connectivity index is 2.22. The molecule has 74 valence electrons. The molecule has 14 heavy (non-hydrogen) atoms. The third-order valence-corrected chi connectivity index (χ3v) is 2.57. The largest absolute Gasteiger partial charge is 0.466 e. The first-order valence-electron chi connectivity index (χ1n) is 4.78. The first-order valence-corrected chi connectivity index (χ1v) is 4.78. The number of nitrogen functional groups attached to an aromatic ring is 1. The molecule has 3 nitrogen and oxygen atoms in total. The van der Waals surface area contributed by atoms with Crippen LogP contribution in [0.5, 0.6) is 0 Å². The lowest BCUT2D eigenvalue weighted by Gasteiger charge is -2.29. The quantitative estimate of drug-likeness (QED) is 0.569. The van der Waals surface area contributed by atoms with Gasteiger partial charge in [0.25, 0.3) is 0 Å². The zero-order valence-corrected chi connectivity index (χ0v) is 8.12. The number of carbonyl (C=O) groups excluding carboxylic acids is 1. The number of benzene rings is 1. The number of hydrogen-bond donors (Lipinski definition) is 1. The molecule has 0 fully saturated rings. The SMILES string of the molecule is CCOC(=O)C1Cc2cccc(N)c21. The Kier molecular flexibility index (Phi) is 2.15. The minimum atomic E-state index is -0.155. The Labute approximate surface area is 82.9 Å². The van der Waals surface area contributed by atoms with Gasteiger partial charge in [-0.05, 0) is 30.5 Å². The van der Waals surface area contributed by atoms with Crippen LogP contribution in [0.4, 0.5) is 5.69 Å². The van der Waals surface area contributed by atoms with Crippen molar-refractivity contribution >= 4 is 11.7 Å². The van der Waals surface area contributed by atoms with E-state index >= 15 is 0 Å². The van der Waals surface area contributed by atoms with Crippen molar-refractivity contribution in [1.29, 1.82) is 0 Å². The number of carbonyl (C=O) groups is 1. The highest BCUT2D eigenvalue weighted by Crippen LogP contribution is 2.39. The van der Waals surface area contributed by atoms with E-state index in [-0.39, 0.29) is 11.9 Å². The van der Waals surface area contributed by atoms with Crippen molar-refractivity contribution < 1.29 is 9.53 Å². The van der Waals surface area contributed by atoms with Gasteiger partial charge in [-0.15, -0.1) is 0 Å². The van der Waals surface area contributed by atoms with Gasteiger partial charge in [-0.25, -0.2) is 0 Å². The molecule has 0 aliphatic heterocycles. The predicted molar refractivity (Wildman–Crippen MR) is 53.9 cm³/mol. The highest BCUT2D eigenvalue weighted by Gasteiger charge is 2.34. The summed E-state index contributed by atoms with van der Waals surface area (Å²) in [5, 5.41) is 0. The molecule has 1 aromatic carbocycles. The average Bonchev–Trinajstić information content (AvgIpc) is 2.08. The van der Waals surface area contributed by atoms with Gasteiger partial charge >= 0.3 is 5.97 Å². The van der Waals surface area contributed by atoms with Gasteiger partial charge in [-0.1, -0.05) is 12.1 Å². The Hall–Kier alpha value is -1.51. The molecule has 3 heteroatoms. The zero-order valence-electron chi connectivity index (χ0n) is 8.12. The van der Waals surface area contributed by atoms with Crippen molar-refractivity contribution in [3.63, 3.8) is 0 Å². The molecule has 1 aliphatic rings. The number of fused-ring (bicyclic) bond motifs is 1. The molecule has 1 aromatic rings. The first-order chi connectivity index (χ1) is 6.74. The summed E-state index contributed by atoms with van der Waals surface area (Å²) >= 11 is 0. The molecular weight excluding hydrogens is 178 g/mol. The Morgan fingerprint density at radius 3 is 3.07 bits per heavy atom. The molecule has 2 N–H and O–H groups in total. The Morgan fingerprint density at radius 2 is 2.43 bits per heavy atom. The summed E-state index contributed by atoms with van der Waals surface area (Å²) in [4.78, 5) is 11.5. The van der Waals surface area contributed by atoms with E-state index in [1.54, 1.807) is 0 Å². The number of anilines is 1. The van der Waals surface area contributed by atoms with Crippen LogP contribution in [0.3, 0.4) is 0 Å². The van der Waals surface area contributed by atoms with Crippen molar-refractivity contribution in [3.8, 4) is 0 Å². The highest BCUT2D eigenvalue weighted by atomic mass is 16.5. The average molecular weight is 191 g/mol. The lowest BCUT2D eigenvalue weighted by atomic mass is 9.76. The molecule has 0 amide bonds. The van der Waals surface area contributed by atoms with Crippen LogP contribution < -0.4 is 5.73 Å². The minimum absolute atomic E-state index is 0.133. The summed E-state index contributed by atoms with van der Waals surface area (Å²) in [5.41, 5.74) is 8.62. The van der Waals surface area contributed by atoms with E-state index in [1.165, 1.54) is 5.56 Å². The van der Waals surface area contributed by atoms with E-state index in [4.69, 9.17) is 10.5 Å². The van der Waals surface area contributed by atoms with Gasteiger partial charge in [0.2, 0.25) is 0 Å². The maximum Gasteiger partial charge on any atom is 0.313 e. The number of hydrogen-bond acceptors (Lipinski definition) is 3. The molecule has 2 rings (SSSR count). The number of esters is 1. The topological polar surface area (TPSA) is 52.3 Å². The van der Waals surface area contributed by atoms with Gasteiger partial charge in [0.15, 0.2) is 0 Å². The first kappa shape index (κ1) is 9.06. The second kappa shape index (κ2) is 3.33. The second-order valence-corrected chi connectivity index (χ2v) is 3.43. The van der Waals surface area contributed by atoms with Crippen LogP contribution in [-0.4, -0.2) is 12.6 Å². The summed E-state index contributed by atoms with van der Waals surface area (Å²) in [5.74, 6) is -0.288. The predicted octanol–water partition coefficient (Wildman–Crippen LogP) is 1.47. The summed E-state index contributed by atoms with van der Waals surface area (Å²) in [7, 11) is 0. The number of nitrogens with two attached hydrogens (primary N) is 1. The van der Waals surface area contributed by atoms with Crippen LogP contribution in [0.2, 0.25) is 0 Å². The zero-order chi connectivity index (χ0) is 10.1. The third-order valence-electron chi connectivity index (χ3n) is 2.57. The molecule has 1 atom stereocenters. The molecule has 1 unspecified atom stereocenters. The Morgan fingerprint density at radius 1 is 1.64 bits per heavy atom. The smallest absolute Gasteiger partial charge is 0.313 e. The number of rotatable bonds is 2. The van der Waals surface area contributed by atoms with Gasteiger partial charge in [0.1, 0.15) is 0 Å². The second-order valence-electron chi connectivity index (χ2n) is 3.43. The summed E-state index contributed by atoms with van der Waals surface area (Å²) < 4.78 is 4.96. The molecule has 0 bridgehead atoms. The summed E-state index contributed by atoms with van der Waals surface area (Å²) in [6.07, 6.45) is 0.763. The van der Waals surface area contributed by atoms with E-state index < -0.39 is 0 Å². The van der Waals surface area contributed by atoms with Crippen LogP contribution in [0.15, 0.2) is 18.2 Å². The van der Waals surface area contributed by atoms with E-state index in [9.17, 15) is 4.79 Å². The van der Waals surface area contributed by atoms with Gasteiger partial charge in [-0.2, -0.15) is 0 Å². The molecule has 0 spiro atoms. The van der Waals surface area contributed by atoms with Crippen LogP contribution in [0.25, 0.3) is 0 Å².